The molecule has 2 amide bonds. The Morgan fingerprint density at radius 1 is 1.21 bits per heavy atom. The molecule has 0 bridgehead atoms. The van der Waals surface area contributed by atoms with Crippen molar-refractivity contribution >= 4 is 11.8 Å². The first kappa shape index (κ1) is 16.0. The fourth-order valence-corrected chi connectivity index (χ4v) is 2.16. The Morgan fingerprint density at radius 2 is 1.79 bits per heavy atom. The molecule has 0 aromatic heterocycles. The Kier molecular flexibility index (Phi) is 5.79. The summed E-state index contributed by atoms with van der Waals surface area (Å²) >= 11 is 0. The molecule has 19 heavy (non-hydrogen) atoms. The first-order valence-electron chi connectivity index (χ1n) is 7.07. The van der Waals surface area contributed by atoms with Crippen LogP contribution in [0, 0.1) is 5.41 Å². The fourth-order valence-electron chi connectivity index (χ4n) is 2.16. The van der Waals surface area contributed by atoms with Crippen molar-refractivity contribution in [3.63, 3.8) is 0 Å². The predicted octanol–water partition coefficient (Wildman–Crippen LogP) is 0.958. The molecule has 1 fully saturated rings. The first-order valence-corrected chi connectivity index (χ1v) is 7.07. The summed E-state index contributed by atoms with van der Waals surface area (Å²) in [7, 11) is 0. The summed E-state index contributed by atoms with van der Waals surface area (Å²) in [5.74, 6) is -1.16. The molecule has 1 unspecified atom stereocenters. The molecule has 0 aliphatic heterocycles. The minimum Gasteiger partial charge on any atom is -0.393 e. The van der Waals surface area contributed by atoms with Crippen LogP contribution in [0.2, 0.25) is 0 Å². The van der Waals surface area contributed by atoms with Gasteiger partial charge in [-0.1, -0.05) is 33.6 Å². The maximum absolute atomic E-state index is 11.6. The fraction of sp³-hybridized carbons (Fsp3) is 0.857. The van der Waals surface area contributed by atoms with Gasteiger partial charge in [-0.3, -0.25) is 9.59 Å². The Hall–Kier alpha value is -1.10. The van der Waals surface area contributed by atoms with E-state index in [4.69, 9.17) is 0 Å². The van der Waals surface area contributed by atoms with Gasteiger partial charge in [0.1, 0.15) is 0 Å². The van der Waals surface area contributed by atoms with Gasteiger partial charge in [-0.05, 0) is 24.7 Å². The third-order valence-corrected chi connectivity index (χ3v) is 3.60. The average molecular weight is 270 g/mol. The van der Waals surface area contributed by atoms with Crippen LogP contribution in [0.5, 0.6) is 0 Å². The monoisotopic (exact) mass is 270 g/mol. The van der Waals surface area contributed by atoms with Crippen molar-refractivity contribution in [2.24, 2.45) is 5.41 Å². The molecule has 5 nitrogen and oxygen atoms in total. The van der Waals surface area contributed by atoms with Crippen molar-refractivity contribution in [2.45, 2.75) is 65.0 Å². The van der Waals surface area contributed by atoms with E-state index < -0.39 is 17.9 Å². The second-order valence-electron chi connectivity index (χ2n) is 6.38. The summed E-state index contributed by atoms with van der Waals surface area (Å²) in [6, 6.07) is 0.151. The maximum atomic E-state index is 11.6. The number of hydrogen-bond acceptors (Lipinski definition) is 3. The molecule has 3 N–H and O–H groups in total. The molecule has 0 radical (unpaired) electrons. The van der Waals surface area contributed by atoms with Gasteiger partial charge in [-0.15, -0.1) is 0 Å². The Balaban J connectivity index is 2.21. The van der Waals surface area contributed by atoms with Gasteiger partial charge < -0.3 is 15.7 Å². The van der Waals surface area contributed by atoms with Crippen LogP contribution in [0.15, 0.2) is 0 Å². The zero-order valence-electron chi connectivity index (χ0n) is 12.2. The van der Waals surface area contributed by atoms with Gasteiger partial charge in [-0.2, -0.15) is 0 Å². The summed E-state index contributed by atoms with van der Waals surface area (Å²) in [4.78, 5) is 23.1. The van der Waals surface area contributed by atoms with Gasteiger partial charge >= 0.3 is 11.8 Å². The number of aliphatic hydroxyl groups excluding tert-OH is 1. The second-order valence-corrected chi connectivity index (χ2v) is 6.38. The molecule has 0 heterocycles. The highest BCUT2D eigenvalue weighted by Gasteiger charge is 2.23. The van der Waals surface area contributed by atoms with E-state index in [1.54, 1.807) is 0 Å². The second kappa shape index (κ2) is 6.89. The minimum absolute atomic E-state index is 0.151. The number of nitrogens with one attached hydrogen (secondary N) is 2. The zero-order chi connectivity index (χ0) is 14.5. The van der Waals surface area contributed by atoms with Crippen molar-refractivity contribution < 1.29 is 14.7 Å². The third-order valence-electron chi connectivity index (χ3n) is 3.60. The Bertz CT molecular complexity index is 317. The summed E-state index contributed by atoms with van der Waals surface area (Å²) in [6.07, 6.45) is 4.11. The molecule has 0 aromatic rings. The van der Waals surface area contributed by atoms with Crippen LogP contribution in [0.4, 0.5) is 0 Å². The van der Waals surface area contributed by atoms with E-state index in [-0.39, 0.29) is 11.5 Å². The maximum Gasteiger partial charge on any atom is 0.309 e. The normalized spacial score (nSPS) is 18.1. The van der Waals surface area contributed by atoms with Gasteiger partial charge in [0, 0.05) is 12.6 Å². The SMILES string of the molecule is CC(C)(C)C(O)CCNC(=O)C(=O)NC1CCCC1. The van der Waals surface area contributed by atoms with Crippen molar-refractivity contribution in [1.29, 1.82) is 0 Å². The van der Waals surface area contributed by atoms with E-state index in [1.807, 2.05) is 20.8 Å². The highest BCUT2D eigenvalue weighted by molar-refractivity contribution is 6.35. The molecule has 5 heteroatoms. The van der Waals surface area contributed by atoms with E-state index in [0.717, 1.165) is 25.7 Å². The van der Waals surface area contributed by atoms with E-state index in [2.05, 4.69) is 10.6 Å². The van der Waals surface area contributed by atoms with Gasteiger partial charge in [0.2, 0.25) is 0 Å². The highest BCUT2D eigenvalue weighted by atomic mass is 16.3. The largest absolute Gasteiger partial charge is 0.393 e. The van der Waals surface area contributed by atoms with Crippen molar-refractivity contribution in [2.75, 3.05) is 6.54 Å². The van der Waals surface area contributed by atoms with Crippen molar-refractivity contribution in [3.05, 3.63) is 0 Å². The van der Waals surface area contributed by atoms with Crippen LogP contribution >= 0.6 is 0 Å². The molecule has 0 spiro atoms. The van der Waals surface area contributed by atoms with Crippen LogP contribution in [0.1, 0.15) is 52.9 Å². The quantitative estimate of drug-likeness (QED) is 0.666. The van der Waals surface area contributed by atoms with E-state index in [9.17, 15) is 14.7 Å². The molecule has 1 saturated carbocycles. The number of rotatable bonds is 4. The van der Waals surface area contributed by atoms with Crippen molar-refractivity contribution in [1.82, 2.24) is 10.6 Å². The van der Waals surface area contributed by atoms with Crippen LogP contribution in [0.25, 0.3) is 0 Å². The lowest BCUT2D eigenvalue weighted by Gasteiger charge is -2.25. The van der Waals surface area contributed by atoms with E-state index >= 15 is 0 Å². The topological polar surface area (TPSA) is 78.4 Å². The van der Waals surface area contributed by atoms with E-state index in [1.165, 1.54) is 0 Å². The predicted molar refractivity (Wildman–Crippen MR) is 73.5 cm³/mol. The summed E-state index contributed by atoms with van der Waals surface area (Å²) in [5.41, 5.74) is -0.211. The van der Waals surface area contributed by atoms with Crippen LogP contribution in [-0.4, -0.2) is 35.6 Å². The van der Waals surface area contributed by atoms with Crippen molar-refractivity contribution in [3.8, 4) is 0 Å². The minimum atomic E-state index is -0.604. The van der Waals surface area contributed by atoms with Crippen LogP contribution in [-0.2, 0) is 9.59 Å². The third kappa shape index (κ3) is 5.59. The standard InChI is InChI=1S/C14H26N2O3/c1-14(2,3)11(17)8-9-15-12(18)13(19)16-10-6-4-5-7-10/h10-11,17H,4-9H2,1-3H3,(H,15,18)(H,16,19). The number of carbonyl (C=O) groups is 2. The van der Waals surface area contributed by atoms with Gasteiger partial charge in [-0.25, -0.2) is 0 Å². The molecule has 0 saturated heterocycles. The molecular weight excluding hydrogens is 244 g/mol. The molecular formula is C14H26N2O3. The molecule has 110 valence electrons. The van der Waals surface area contributed by atoms with E-state index in [0.29, 0.717) is 13.0 Å². The zero-order valence-corrected chi connectivity index (χ0v) is 12.2. The number of carbonyl (C=O) groups excluding carboxylic acids is 2. The highest BCUT2D eigenvalue weighted by Crippen LogP contribution is 2.21. The summed E-state index contributed by atoms with van der Waals surface area (Å²) < 4.78 is 0. The Labute approximate surface area is 115 Å². The van der Waals surface area contributed by atoms with Crippen LogP contribution in [0.3, 0.4) is 0 Å². The molecule has 1 aliphatic carbocycles. The number of hydrogen-bond donors (Lipinski definition) is 3. The molecule has 1 atom stereocenters. The Morgan fingerprint density at radius 3 is 2.32 bits per heavy atom. The van der Waals surface area contributed by atoms with Gasteiger partial charge in [0.25, 0.3) is 0 Å². The van der Waals surface area contributed by atoms with Crippen LogP contribution < -0.4 is 10.6 Å². The van der Waals surface area contributed by atoms with Gasteiger partial charge in [0.15, 0.2) is 0 Å². The number of amides is 2. The lowest BCUT2D eigenvalue weighted by Crippen LogP contribution is -2.44. The molecule has 0 aromatic carbocycles. The average Bonchev–Trinajstić information content (AvgIpc) is 2.80. The molecule has 1 rings (SSSR count). The number of aliphatic hydroxyl groups is 1. The van der Waals surface area contributed by atoms with Gasteiger partial charge in [0.05, 0.1) is 6.10 Å². The smallest absolute Gasteiger partial charge is 0.309 e. The lowest BCUT2D eigenvalue weighted by atomic mass is 9.87. The molecule has 1 aliphatic rings. The summed E-state index contributed by atoms with van der Waals surface area (Å²) in [5, 5.41) is 15.1. The summed E-state index contributed by atoms with van der Waals surface area (Å²) in [6.45, 7) is 6.13. The lowest BCUT2D eigenvalue weighted by molar-refractivity contribution is -0.139. The first-order chi connectivity index (χ1) is 8.80.